The molecular weight excluding hydrogens is 238 g/mol. The smallest absolute Gasteiger partial charge is 0.161 e. The number of aliphatic imine (C=N–C) groups is 1. The largest absolute Gasteiger partial charge is 0.493 e. The SMILES string of the molecule is COc1cc2c(cc1OC)C1(CCCC1)CN=C2C. The summed E-state index contributed by atoms with van der Waals surface area (Å²) in [6.07, 6.45) is 5.10. The summed E-state index contributed by atoms with van der Waals surface area (Å²) >= 11 is 0. The number of ether oxygens (including phenoxy) is 2. The molecule has 0 unspecified atom stereocenters. The molecule has 1 aliphatic carbocycles. The molecule has 3 heteroatoms. The standard InChI is InChI=1S/C16H21NO2/c1-11-12-8-14(18-2)15(19-3)9-13(12)16(10-17-11)6-4-5-7-16/h8-9H,4-7,10H2,1-3H3. The highest BCUT2D eigenvalue weighted by Crippen LogP contribution is 2.47. The zero-order valence-electron chi connectivity index (χ0n) is 12.0. The Morgan fingerprint density at radius 2 is 1.68 bits per heavy atom. The normalized spacial score (nSPS) is 20.1. The summed E-state index contributed by atoms with van der Waals surface area (Å²) < 4.78 is 10.9. The van der Waals surface area contributed by atoms with E-state index in [1.807, 2.05) is 0 Å². The minimum atomic E-state index is 0.244. The van der Waals surface area contributed by atoms with Crippen LogP contribution in [0.25, 0.3) is 0 Å². The fraction of sp³-hybridized carbons (Fsp3) is 0.562. The lowest BCUT2D eigenvalue weighted by Crippen LogP contribution is -2.32. The molecule has 1 spiro atoms. The van der Waals surface area contributed by atoms with Gasteiger partial charge in [-0.3, -0.25) is 4.99 Å². The molecule has 0 amide bonds. The average Bonchev–Trinajstić information content (AvgIpc) is 2.91. The molecule has 1 fully saturated rings. The van der Waals surface area contributed by atoms with E-state index in [-0.39, 0.29) is 5.41 Å². The van der Waals surface area contributed by atoms with Crippen LogP contribution >= 0.6 is 0 Å². The first kappa shape index (κ1) is 12.5. The minimum absolute atomic E-state index is 0.244. The van der Waals surface area contributed by atoms with Gasteiger partial charge in [0.25, 0.3) is 0 Å². The highest BCUT2D eigenvalue weighted by Gasteiger charge is 2.40. The third-order valence-corrected chi connectivity index (χ3v) is 4.66. The Kier molecular flexibility index (Phi) is 3.00. The van der Waals surface area contributed by atoms with Gasteiger partial charge in [-0.1, -0.05) is 12.8 Å². The summed E-state index contributed by atoms with van der Waals surface area (Å²) in [4.78, 5) is 4.76. The van der Waals surface area contributed by atoms with Crippen LogP contribution < -0.4 is 9.47 Å². The van der Waals surface area contributed by atoms with Crippen LogP contribution in [0.3, 0.4) is 0 Å². The van der Waals surface area contributed by atoms with Crippen molar-refractivity contribution in [2.45, 2.75) is 38.0 Å². The second kappa shape index (κ2) is 4.55. The lowest BCUT2D eigenvalue weighted by atomic mass is 9.74. The van der Waals surface area contributed by atoms with Crippen LogP contribution in [-0.4, -0.2) is 26.5 Å². The molecule has 1 aromatic rings. The van der Waals surface area contributed by atoms with E-state index in [1.165, 1.54) is 36.8 Å². The van der Waals surface area contributed by atoms with Gasteiger partial charge in [0.15, 0.2) is 11.5 Å². The van der Waals surface area contributed by atoms with E-state index in [1.54, 1.807) is 14.2 Å². The lowest BCUT2D eigenvalue weighted by Gasteiger charge is -2.34. The summed E-state index contributed by atoms with van der Waals surface area (Å²) in [5.41, 5.74) is 4.02. The number of rotatable bonds is 2. The van der Waals surface area contributed by atoms with E-state index in [4.69, 9.17) is 14.5 Å². The molecule has 2 aliphatic rings. The highest BCUT2D eigenvalue weighted by atomic mass is 16.5. The Morgan fingerprint density at radius 3 is 2.32 bits per heavy atom. The fourth-order valence-corrected chi connectivity index (χ4v) is 3.54. The number of methoxy groups -OCH3 is 2. The van der Waals surface area contributed by atoms with Crippen LogP contribution in [-0.2, 0) is 5.41 Å². The van der Waals surface area contributed by atoms with Gasteiger partial charge in [0.1, 0.15) is 0 Å². The first-order valence-electron chi connectivity index (χ1n) is 6.98. The van der Waals surface area contributed by atoms with E-state index < -0.39 is 0 Å². The van der Waals surface area contributed by atoms with Gasteiger partial charge >= 0.3 is 0 Å². The lowest BCUT2D eigenvalue weighted by molar-refractivity contribution is 0.351. The maximum absolute atomic E-state index is 5.48. The Bertz CT molecular complexity index is 528. The van der Waals surface area contributed by atoms with Gasteiger partial charge in [0.05, 0.1) is 14.2 Å². The molecule has 3 rings (SSSR count). The van der Waals surface area contributed by atoms with Crippen molar-refractivity contribution in [3.63, 3.8) is 0 Å². The molecule has 102 valence electrons. The molecule has 0 atom stereocenters. The van der Waals surface area contributed by atoms with E-state index in [0.717, 1.165) is 23.8 Å². The summed E-state index contributed by atoms with van der Waals surface area (Å²) in [5, 5.41) is 0. The molecule has 3 nitrogen and oxygen atoms in total. The number of benzene rings is 1. The summed E-state index contributed by atoms with van der Waals surface area (Å²) in [7, 11) is 3.39. The Labute approximate surface area is 114 Å². The van der Waals surface area contributed by atoms with Gasteiger partial charge in [-0.05, 0) is 37.5 Å². The first-order chi connectivity index (χ1) is 9.20. The molecule has 0 saturated heterocycles. The van der Waals surface area contributed by atoms with Crippen molar-refractivity contribution in [2.24, 2.45) is 4.99 Å². The topological polar surface area (TPSA) is 30.8 Å². The maximum atomic E-state index is 5.48. The Hall–Kier alpha value is -1.51. The quantitative estimate of drug-likeness (QED) is 0.815. The average molecular weight is 259 g/mol. The van der Waals surface area contributed by atoms with Crippen molar-refractivity contribution in [1.29, 1.82) is 0 Å². The monoisotopic (exact) mass is 259 g/mol. The minimum Gasteiger partial charge on any atom is -0.493 e. The van der Waals surface area contributed by atoms with Crippen molar-refractivity contribution in [3.8, 4) is 11.5 Å². The third-order valence-electron chi connectivity index (χ3n) is 4.66. The third kappa shape index (κ3) is 1.83. The van der Waals surface area contributed by atoms with Gasteiger partial charge in [-0.15, -0.1) is 0 Å². The zero-order chi connectivity index (χ0) is 13.5. The fourth-order valence-electron chi connectivity index (χ4n) is 3.54. The predicted molar refractivity (Wildman–Crippen MR) is 76.8 cm³/mol. The number of hydrogen-bond acceptors (Lipinski definition) is 3. The molecule has 0 radical (unpaired) electrons. The molecule has 19 heavy (non-hydrogen) atoms. The number of fused-ring (bicyclic) bond motifs is 2. The van der Waals surface area contributed by atoms with E-state index in [9.17, 15) is 0 Å². The van der Waals surface area contributed by atoms with Gasteiger partial charge < -0.3 is 9.47 Å². The molecule has 0 N–H and O–H groups in total. The Balaban J connectivity index is 2.19. The van der Waals surface area contributed by atoms with Crippen molar-refractivity contribution in [3.05, 3.63) is 23.3 Å². The number of nitrogens with zero attached hydrogens (tertiary/aromatic N) is 1. The van der Waals surface area contributed by atoms with Gasteiger partial charge in [0, 0.05) is 23.2 Å². The van der Waals surface area contributed by atoms with Crippen LogP contribution in [0.5, 0.6) is 11.5 Å². The van der Waals surface area contributed by atoms with Crippen LogP contribution in [0.1, 0.15) is 43.7 Å². The molecule has 1 heterocycles. The van der Waals surface area contributed by atoms with Crippen molar-refractivity contribution >= 4 is 5.71 Å². The van der Waals surface area contributed by atoms with Crippen LogP contribution in [0.15, 0.2) is 17.1 Å². The first-order valence-corrected chi connectivity index (χ1v) is 6.98. The summed E-state index contributed by atoms with van der Waals surface area (Å²) in [5.74, 6) is 1.63. The van der Waals surface area contributed by atoms with Gasteiger partial charge in [-0.2, -0.15) is 0 Å². The molecule has 1 saturated carbocycles. The zero-order valence-corrected chi connectivity index (χ0v) is 12.0. The molecule has 0 aromatic heterocycles. The molecular formula is C16H21NO2. The van der Waals surface area contributed by atoms with Crippen LogP contribution in [0.4, 0.5) is 0 Å². The predicted octanol–water partition coefficient (Wildman–Crippen LogP) is 3.34. The highest BCUT2D eigenvalue weighted by molar-refractivity contribution is 6.02. The van der Waals surface area contributed by atoms with Gasteiger partial charge in [0.2, 0.25) is 0 Å². The van der Waals surface area contributed by atoms with Crippen molar-refractivity contribution < 1.29 is 9.47 Å². The second-order valence-corrected chi connectivity index (χ2v) is 5.64. The van der Waals surface area contributed by atoms with Crippen LogP contribution in [0.2, 0.25) is 0 Å². The van der Waals surface area contributed by atoms with Gasteiger partial charge in [-0.25, -0.2) is 0 Å². The molecule has 1 aliphatic heterocycles. The number of hydrogen-bond donors (Lipinski definition) is 0. The van der Waals surface area contributed by atoms with Crippen molar-refractivity contribution in [1.82, 2.24) is 0 Å². The van der Waals surface area contributed by atoms with E-state index >= 15 is 0 Å². The molecule has 1 aromatic carbocycles. The molecule has 0 bridgehead atoms. The van der Waals surface area contributed by atoms with E-state index in [0.29, 0.717) is 0 Å². The second-order valence-electron chi connectivity index (χ2n) is 5.64. The maximum Gasteiger partial charge on any atom is 0.161 e. The summed E-state index contributed by atoms with van der Waals surface area (Å²) in [6, 6.07) is 4.27. The van der Waals surface area contributed by atoms with Crippen molar-refractivity contribution in [2.75, 3.05) is 20.8 Å². The van der Waals surface area contributed by atoms with Crippen LogP contribution in [0, 0.1) is 0 Å². The van der Waals surface area contributed by atoms with E-state index in [2.05, 4.69) is 19.1 Å². The summed E-state index contributed by atoms with van der Waals surface area (Å²) in [6.45, 7) is 3.02. The Morgan fingerprint density at radius 1 is 1.05 bits per heavy atom.